The molecule has 100 heavy (non-hydrogen) atoms. The van der Waals surface area contributed by atoms with E-state index in [1.165, 1.54) is 70.6 Å². The molecule has 0 fully saturated rings. The van der Waals surface area contributed by atoms with E-state index in [1.54, 1.807) is 69.2 Å². The van der Waals surface area contributed by atoms with Gasteiger partial charge in [-0.05, 0) is 228 Å². The predicted octanol–water partition coefficient (Wildman–Crippen LogP) is 14.9. The van der Waals surface area contributed by atoms with Crippen LogP contribution in [0.25, 0.3) is 0 Å². The topological polar surface area (TPSA) is 305 Å². The monoisotopic (exact) mass is 1420 g/mol. The second-order valence-electron chi connectivity index (χ2n) is 29.0. The Kier molecular flexibility index (Phi) is 45.7. The number of carboxylic acid groups (broad SMARTS) is 1. The summed E-state index contributed by atoms with van der Waals surface area (Å²) in [6, 6.07) is -1.50. The highest BCUT2D eigenvalue weighted by Crippen LogP contribution is 2.44. The molecule has 1 aliphatic heterocycles. The molecular formula is C79H132N6O14S. The first-order valence-corrected chi connectivity index (χ1v) is 37.4. The average Bonchev–Trinajstić information content (AvgIpc) is 1.53. The van der Waals surface area contributed by atoms with Crippen LogP contribution in [0.2, 0.25) is 0 Å². The number of benzene rings is 1. The van der Waals surface area contributed by atoms with Gasteiger partial charge in [0.2, 0.25) is 23.7 Å². The number of guanidine groups is 1. The first-order chi connectivity index (χ1) is 46.1. The lowest BCUT2D eigenvalue weighted by Crippen LogP contribution is -2.48. The lowest BCUT2D eigenvalue weighted by atomic mass is 9.93. The molecule has 0 aromatic heterocycles. The molecular weight excluding hydrogens is 1290 g/mol. The first kappa shape index (κ1) is 93.3. The highest BCUT2D eigenvalue weighted by atomic mass is 32.2. The summed E-state index contributed by atoms with van der Waals surface area (Å²) < 4.78 is 46.9. The van der Waals surface area contributed by atoms with Gasteiger partial charge in [0.05, 0.1) is 42.5 Å². The summed E-state index contributed by atoms with van der Waals surface area (Å²) >= 11 is 0. The number of esters is 1. The third-order valence-electron chi connectivity index (χ3n) is 17.2. The molecule has 5 atom stereocenters. The van der Waals surface area contributed by atoms with Gasteiger partial charge in [-0.3, -0.25) is 38.6 Å². The Bertz CT molecular complexity index is 2980. The molecule has 21 heteroatoms. The second-order valence-corrected chi connectivity index (χ2v) is 30.6. The number of nitrogens with zero attached hydrogens (tertiary/aromatic N) is 1. The zero-order valence-electron chi connectivity index (χ0n) is 61.7. The van der Waals surface area contributed by atoms with E-state index in [4.69, 9.17) is 19.9 Å². The largest absolute Gasteiger partial charge is 0.487 e. The quantitative estimate of drug-likeness (QED) is 0.0118. The van der Waals surface area contributed by atoms with Crippen LogP contribution in [-0.2, 0) is 64.3 Å². The number of hydrogen-bond donors (Lipinski definition) is 6. The van der Waals surface area contributed by atoms with Crippen LogP contribution in [0.15, 0.2) is 71.7 Å². The third-order valence-corrected chi connectivity index (χ3v) is 18.9. The number of fused-ring (bicyclic) bond motifs is 1. The molecule has 1 heterocycles. The minimum atomic E-state index is -4.20. The summed E-state index contributed by atoms with van der Waals surface area (Å²) in [5.74, 6) is -7.02. The van der Waals surface area contributed by atoms with E-state index in [0.717, 1.165) is 63.4 Å². The second kappa shape index (κ2) is 49.0. The van der Waals surface area contributed by atoms with Crippen LogP contribution < -0.4 is 31.1 Å². The fourth-order valence-corrected chi connectivity index (χ4v) is 13.3. The zero-order valence-corrected chi connectivity index (χ0v) is 62.6. The Balaban J connectivity index is 0.00000260. The van der Waals surface area contributed by atoms with Crippen molar-refractivity contribution in [3.05, 3.63) is 84.0 Å². The molecule has 0 saturated carbocycles. The average molecular weight is 1420 g/mol. The Hall–Kier alpha value is -6.74. The molecule has 0 radical (unpaired) electrons. The van der Waals surface area contributed by atoms with Crippen molar-refractivity contribution >= 4 is 63.0 Å². The Morgan fingerprint density at radius 3 is 1.82 bits per heavy atom. The molecule has 4 rings (SSSR count). The van der Waals surface area contributed by atoms with Crippen molar-refractivity contribution in [1.29, 1.82) is 0 Å². The molecule has 0 saturated heterocycles. The number of ketones is 3. The number of carbonyl (C=O) groups excluding carboxylic acids is 7. The number of carboxylic acids is 1. The van der Waals surface area contributed by atoms with Crippen LogP contribution in [0.1, 0.15) is 273 Å². The number of allylic oxidation sites excluding steroid dienone is 8. The summed E-state index contributed by atoms with van der Waals surface area (Å²) in [4.78, 5) is 108. The molecule has 0 bridgehead atoms. The van der Waals surface area contributed by atoms with Crippen LogP contribution in [-0.4, -0.2) is 116 Å². The molecule has 5 unspecified atom stereocenters. The highest BCUT2D eigenvalue weighted by molar-refractivity contribution is 7.90. The lowest BCUT2D eigenvalue weighted by Gasteiger charge is -2.25. The van der Waals surface area contributed by atoms with Crippen LogP contribution >= 0.6 is 0 Å². The van der Waals surface area contributed by atoms with Gasteiger partial charge in [-0.25, -0.2) is 17.9 Å². The number of ether oxygens (including phenoxy) is 3. The van der Waals surface area contributed by atoms with Gasteiger partial charge in [-0.15, -0.1) is 13.2 Å². The molecule has 3 amide bonds. The number of amides is 3. The summed E-state index contributed by atoms with van der Waals surface area (Å²) in [6.07, 6.45) is 41.3. The fraction of sp³-hybridized carbons (Fsp3) is 0.684. The minimum absolute atomic E-state index is 0. The maximum Gasteiger partial charge on any atom is 0.328 e. The van der Waals surface area contributed by atoms with Crippen LogP contribution in [0.5, 0.6) is 5.75 Å². The lowest BCUT2D eigenvalue weighted by molar-refractivity contribution is -0.157. The van der Waals surface area contributed by atoms with Crippen LogP contribution in [0.3, 0.4) is 0 Å². The number of sulfonamides is 1. The van der Waals surface area contributed by atoms with E-state index in [0.29, 0.717) is 47.5 Å². The standard InChI is InChI=1S/C49H76N6O13S.C20H34O.C8H14.2CH4/c1-29-30(2)41(31(3)37-25-49(10,11)68-40(29)37)69(64,65)55-46(50)51-21-17-20-33(22-35(56)26-52-42(59)32-18-15-13-12-14-16-19-32)43(60)53-27-36(57)23-34(24-39(58)67-48(7,8)9)44(61)54-38(45(62)63)28-66-47(4,5)6;1-4-6-8-9-10-11-12-13-14-15-16-18-20(19(3)21)17-7-5-2;1-2-4-6-8-7-5-3-1;;/h12-13,32-34,38H,14-28H2,1-11H3,(H,52,59)(H,53,60)(H,54,61)(H,62,63)(H3,50,51,55);4-5,13-14,20H,1-2,6-12,15-18H2,3H3;1-2H,3-8H2;2*1H4/b13-12-;14-13+;;;. The molecule has 7 N–H and O–H groups in total. The Morgan fingerprint density at radius 2 is 1.24 bits per heavy atom. The van der Waals surface area contributed by atoms with Gasteiger partial charge in [0.25, 0.3) is 10.0 Å². The SMILES string of the molecule is C.C.C1=CCCCCCC1.C=CCCCCCC/C=C/CCCC(CCC=C)C(C)=O.Cc1c(C)c(S(=O)(=O)NC(N)=NCCCC(CC(=O)CNC(=O)C2CC/C=C\CCC2)C(=O)NCC(=O)CC(CC(=O)OC(C)(C)C)C(=O)NC(COC(C)(C)C)C(=O)O)c(C)c2c1OC(C)(C)C2. The van der Waals surface area contributed by atoms with Gasteiger partial charge in [-0.1, -0.05) is 89.1 Å². The predicted molar refractivity (Wildman–Crippen MR) is 404 cm³/mol. The van der Waals surface area contributed by atoms with Gasteiger partial charge in [-0.2, -0.15) is 0 Å². The number of aliphatic carboxylic acids is 1. The van der Waals surface area contributed by atoms with Gasteiger partial charge in [0.15, 0.2) is 17.6 Å². The van der Waals surface area contributed by atoms with E-state index >= 15 is 0 Å². The molecule has 3 aliphatic rings. The van der Waals surface area contributed by atoms with Crippen molar-refractivity contribution in [3.63, 3.8) is 0 Å². The van der Waals surface area contributed by atoms with E-state index in [9.17, 15) is 51.9 Å². The van der Waals surface area contributed by atoms with Gasteiger partial charge >= 0.3 is 11.9 Å². The maximum atomic E-state index is 13.7. The number of rotatable bonds is 38. The first-order valence-electron chi connectivity index (χ1n) is 35.9. The molecule has 20 nitrogen and oxygen atoms in total. The Labute approximate surface area is 602 Å². The molecule has 568 valence electrons. The number of nitrogens with one attached hydrogen (secondary N) is 4. The van der Waals surface area contributed by atoms with Crippen molar-refractivity contribution in [3.8, 4) is 5.75 Å². The van der Waals surface area contributed by atoms with Crippen molar-refractivity contribution in [2.24, 2.45) is 34.4 Å². The smallest absolute Gasteiger partial charge is 0.328 e. The number of unbranched alkanes of at least 4 members (excludes halogenated alkanes) is 6. The summed E-state index contributed by atoms with van der Waals surface area (Å²) in [5.41, 5.74) is 6.49. The van der Waals surface area contributed by atoms with E-state index in [1.807, 2.05) is 32.1 Å². The summed E-state index contributed by atoms with van der Waals surface area (Å²) in [6.45, 7) is 26.8. The minimum Gasteiger partial charge on any atom is -0.487 e. The van der Waals surface area contributed by atoms with E-state index in [2.05, 4.69) is 69.2 Å². The van der Waals surface area contributed by atoms with Crippen molar-refractivity contribution in [2.75, 3.05) is 26.2 Å². The molecule has 1 aromatic carbocycles. The maximum absolute atomic E-state index is 13.7. The van der Waals surface area contributed by atoms with Crippen molar-refractivity contribution in [1.82, 2.24) is 20.7 Å². The number of Topliss-reactive ketones (excluding diaryl/α,β-unsaturated/α-hetero) is 3. The highest BCUT2D eigenvalue weighted by Gasteiger charge is 2.37. The number of carbonyl (C=O) groups is 8. The van der Waals surface area contributed by atoms with E-state index in [-0.39, 0.29) is 75.8 Å². The van der Waals surface area contributed by atoms with Gasteiger partial charge in [0, 0.05) is 49.1 Å². The summed E-state index contributed by atoms with van der Waals surface area (Å²) in [5, 5.41) is 17.4. The van der Waals surface area contributed by atoms with Crippen LogP contribution in [0.4, 0.5) is 0 Å². The number of nitrogens with two attached hydrogens (primary N) is 1. The Morgan fingerprint density at radius 1 is 0.680 bits per heavy atom. The molecule has 0 spiro atoms. The van der Waals surface area contributed by atoms with Crippen LogP contribution in [0, 0.1) is 44.4 Å². The summed E-state index contributed by atoms with van der Waals surface area (Å²) in [7, 11) is -4.20. The zero-order chi connectivity index (χ0) is 73.5. The molecule has 1 aromatic rings. The van der Waals surface area contributed by atoms with Gasteiger partial charge in [0.1, 0.15) is 22.7 Å². The number of hydrogen-bond acceptors (Lipinski definition) is 14. The fourth-order valence-electron chi connectivity index (χ4n) is 11.8. The third kappa shape index (κ3) is 39.5. The molecule has 2 aliphatic carbocycles. The normalized spacial score (nSPS) is 16.7. The van der Waals surface area contributed by atoms with E-state index < -0.39 is 106 Å². The van der Waals surface area contributed by atoms with Gasteiger partial charge < -0.3 is 41.0 Å². The number of aliphatic imine (C=N–C) groups is 1. The van der Waals surface area contributed by atoms with Crippen molar-refractivity contribution in [2.45, 2.75) is 305 Å². The van der Waals surface area contributed by atoms with Crippen molar-refractivity contribution < 1.29 is 66.1 Å².